The smallest absolute Gasteiger partial charge is 0.246 e. The van der Waals surface area contributed by atoms with Crippen molar-refractivity contribution in [1.82, 2.24) is 29.9 Å². The zero-order chi connectivity index (χ0) is 20.3. The first-order valence-electron chi connectivity index (χ1n) is 9.70. The first kappa shape index (κ1) is 18.0. The molecule has 0 unspecified atom stereocenters. The molecule has 1 aliphatic rings. The molecule has 9 heteroatoms. The van der Waals surface area contributed by atoms with Crippen LogP contribution in [0, 0.1) is 11.3 Å². The van der Waals surface area contributed by atoms with E-state index in [9.17, 15) is 5.26 Å². The normalized spacial score (nSPS) is 13.9. The molecule has 0 bridgehead atoms. The van der Waals surface area contributed by atoms with E-state index in [1.807, 2.05) is 30.5 Å². The van der Waals surface area contributed by atoms with Gasteiger partial charge in [-0.15, -0.1) is 5.10 Å². The van der Waals surface area contributed by atoms with Crippen LogP contribution < -0.4 is 15.5 Å². The molecule has 4 aromatic rings. The molecular formula is C21H19N9. The van der Waals surface area contributed by atoms with E-state index in [1.54, 1.807) is 29.2 Å². The first-order chi connectivity index (χ1) is 14.8. The van der Waals surface area contributed by atoms with Crippen LogP contribution in [0.5, 0.6) is 0 Å². The number of hydrogen-bond donors (Lipinski definition) is 2. The van der Waals surface area contributed by atoms with Gasteiger partial charge in [0.15, 0.2) is 0 Å². The van der Waals surface area contributed by atoms with E-state index in [4.69, 9.17) is 0 Å². The summed E-state index contributed by atoms with van der Waals surface area (Å²) in [7, 11) is 0. The summed E-state index contributed by atoms with van der Waals surface area (Å²) in [5, 5.41) is 20.6. The fourth-order valence-electron chi connectivity index (χ4n) is 3.58. The van der Waals surface area contributed by atoms with E-state index < -0.39 is 0 Å². The predicted octanol–water partition coefficient (Wildman–Crippen LogP) is 2.21. The van der Waals surface area contributed by atoms with Crippen LogP contribution >= 0.6 is 0 Å². The topological polar surface area (TPSA) is 107 Å². The Morgan fingerprint density at radius 1 is 1.07 bits per heavy atom. The number of nitrogens with one attached hydrogen (secondary N) is 2. The molecule has 5 heterocycles. The third-order valence-corrected chi connectivity index (χ3v) is 5.04. The summed E-state index contributed by atoms with van der Waals surface area (Å²) in [4.78, 5) is 15.3. The van der Waals surface area contributed by atoms with Crippen molar-refractivity contribution in [3.63, 3.8) is 0 Å². The minimum absolute atomic E-state index is 0.398. The van der Waals surface area contributed by atoms with Gasteiger partial charge in [0.25, 0.3) is 0 Å². The highest BCUT2D eigenvalue weighted by Crippen LogP contribution is 2.26. The van der Waals surface area contributed by atoms with Crippen molar-refractivity contribution in [3.05, 3.63) is 60.7 Å². The Labute approximate surface area is 173 Å². The lowest BCUT2D eigenvalue weighted by molar-refractivity contribution is 0.589. The lowest BCUT2D eigenvalue weighted by Gasteiger charge is -2.29. The number of hydrogen-bond acceptors (Lipinski definition) is 8. The Morgan fingerprint density at radius 2 is 1.97 bits per heavy atom. The second kappa shape index (κ2) is 7.77. The Balaban J connectivity index is 1.45. The zero-order valence-corrected chi connectivity index (χ0v) is 16.2. The SMILES string of the molecule is N#Cc1cc2cnc(Nc3ccc(N4CCNCC4)cn3)nn2c1-c1cccnc1. The van der Waals surface area contributed by atoms with Crippen LogP contribution in [0.1, 0.15) is 5.56 Å². The van der Waals surface area contributed by atoms with Gasteiger partial charge >= 0.3 is 0 Å². The van der Waals surface area contributed by atoms with Gasteiger partial charge in [0, 0.05) is 44.1 Å². The molecule has 1 aliphatic heterocycles. The zero-order valence-electron chi connectivity index (χ0n) is 16.2. The molecule has 30 heavy (non-hydrogen) atoms. The Bertz CT molecular complexity index is 1200. The summed E-state index contributed by atoms with van der Waals surface area (Å²) in [5.74, 6) is 1.05. The van der Waals surface area contributed by atoms with E-state index in [0.29, 0.717) is 23.0 Å². The van der Waals surface area contributed by atoms with Gasteiger partial charge in [0.05, 0.1) is 34.9 Å². The molecule has 4 aromatic heterocycles. The quantitative estimate of drug-likeness (QED) is 0.540. The molecule has 0 saturated carbocycles. The molecule has 0 aromatic carbocycles. The molecule has 2 N–H and O–H groups in total. The van der Waals surface area contributed by atoms with Gasteiger partial charge in [-0.25, -0.2) is 14.5 Å². The van der Waals surface area contributed by atoms with E-state index in [-0.39, 0.29) is 0 Å². The van der Waals surface area contributed by atoms with Crippen molar-refractivity contribution >= 4 is 23.0 Å². The standard InChI is InChI=1S/C21H19N9/c22-11-16-10-18-14-26-21(28-30(18)20(16)15-2-1-5-24-12-15)27-19-4-3-17(13-25-19)29-8-6-23-7-9-29/h1-5,10,12-14,23H,6-9H2,(H,25,27,28). The lowest BCUT2D eigenvalue weighted by atomic mass is 10.1. The van der Waals surface area contributed by atoms with Gasteiger partial charge in [-0.2, -0.15) is 5.26 Å². The molecule has 0 radical (unpaired) electrons. The van der Waals surface area contributed by atoms with Crippen molar-refractivity contribution in [1.29, 1.82) is 5.26 Å². The Hall–Kier alpha value is -4.03. The molecule has 9 nitrogen and oxygen atoms in total. The number of pyridine rings is 2. The van der Waals surface area contributed by atoms with Crippen molar-refractivity contribution in [3.8, 4) is 17.3 Å². The van der Waals surface area contributed by atoms with Crippen LogP contribution in [0.4, 0.5) is 17.5 Å². The fourth-order valence-corrected chi connectivity index (χ4v) is 3.58. The monoisotopic (exact) mass is 397 g/mol. The molecule has 0 atom stereocenters. The predicted molar refractivity (Wildman–Crippen MR) is 114 cm³/mol. The Kier molecular flexibility index (Phi) is 4.67. The summed E-state index contributed by atoms with van der Waals surface area (Å²) >= 11 is 0. The van der Waals surface area contributed by atoms with E-state index in [1.165, 1.54) is 0 Å². The van der Waals surface area contributed by atoms with Gasteiger partial charge in [-0.3, -0.25) is 4.98 Å². The van der Waals surface area contributed by atoms with Crippen molar-refractivity contribution in [2.24, 2.45) is 0 Å². The van der Waals surface area contributed by atoms with Gasteiger partial charge < -0.3 is 15.5 Å². The average Bonchev–Trinajstić information content (AvgIpc) is 3.19. The molecular weight excluding hydrogens is 378 g/mol. The van der Waals surface area contributed by atoms with E-state index in [0.717, 1.165) is 42.9 Å². The fraction of sp³-hybridized carbons (Fsp3) is 0.190. The largest absolute Gasteiger partial charge is 0.368 e. The number of anilines is 3. The second-order valence-electron chi connectivity index (χ2n) is 6.94. The summed E-state index contributed by atoms with van der Waals surface area (Å²) in [5.41, 5.74) is 3.86. The van der Waals surface area contributed by atoms with Crippen LogP contribution in [-0.2, 0) is 0 Å². The van der Waals surface area contributed by atoms with Crippen LogP contribution in [0.25, 0.3) is 16.8 Å². The molecule has 1 saturated heterocycles. The molecule has 1 fully saturated rings. The molecule has 5 rings (SSSR count). The highest BCUT2D eigenvalue weighted by molar-refractivity contribution is 5.73. The number of rotatable bonds is 4. The van der Waals surface area contributed by atoms with Crippen LogP contribution in [0.3, 0.4) is 0 Å². The maximum Gasteiger partial charge on any atom is 0.246 e. The average molecular weight is 397 g/mol. The van der Waals surface area contributed by atoms with Gasteiger partial charge in [0.2, 0.25) is 5.95 Å². The highest BCUT2D eigenvalue weighted by atomic mass is 15.3. The third-order valence-electron chi connectivity index (χ3n) is 5.04. The number of nitriles is 1. The molecule has 148 valence electrons. The number of fused-ring (bicyclic) bond motifs is 1. The number of nitrogens with zero attached hydrogens (tertiary/aromatic N) is 7. The van der Waals surface area contributed by atoms with E-state index in [2.05, 4.69) is 41.7 Å². The van der Waals surface area contributed by atoms with Gasteiger partial charge in [0.1, 0.15) is 11.9 Å². The minimum atomic E-state index is 0.398. The van der Waals surface area contributed by atoms with Gasteiger partial charge in [-0.05, 0) is 30.3 Å². The maximum atomic E-state index is 9.55. The maximum absolute atomic E-state index is 9.55. The van der Waals surface area contributed by atoms with Gasteiger partial charge in [-0.1, -0.05) is 0 Å². The van der Waals surface area contributed by atoms with Crippen LogP contribution in [-0.4, -0.2) is 50.7 Å². The summed E-state index contributed by atoms with van der Waals surface area (Å²) < 4.78 is 1.71. The summed E-state index contributed by atoms with van der Waals surface area (Å²) in [6, 6.07) is 11.7. The molecule has 0 aliphatic carbocycles. The Morgan fingerprint density at radius 3 is 2.70 bits per heavy atom. The first-order valence-corrected chi connectivity index (χ1v) is 9.70. The number of piperazine rings is 1. The summed E-state index contributed by atoms with van der Waals surface area (Å²) in [6.07, 6.45) is 6.96. The minimum Gasteiger partial charge on any atom is -0.368 e. The second-order valence-corrected chi connectivity index (χ2v) is 6.94. The molecule has 0 spiro atoms. The molecule has 0 amide bonds. The number of aromatic nitrogens is 5. The van der Waals surface area contributed by atoms with Crippen LogP contribution in [0.2, 0.25) is 0 Å². The van der Waals surface area contributed by atoms with Crippen molar-refractivity contribution in [2.45, 2.75) is 0 Å². The van der Waals surface area contributed by atoms with Crippen molar-refractivity contribution < 1.29 is 0 Å². The highest BCUT2D eigenvalue weighted by Gasteiger charge is 2.15. The third kappa shape index (κ3) is 3.40. The summed E-state index contributed by atoms with van der Waals surface area (Å²) in [6.45, 7) is 3.91. The van der Waals surface area contributed by atoms with E-state index >= 15 is 0 Å². The van der Waals surface area contributed by atoms with Crippen LogP contribution in [0.15, 0.2) is 55.1 Å². The lowest BCUT2D eigenvalue weighted by Crippen LogP contribution is -2.43. The van der Waals surface area contributed by atoms with Crippen molar-refractivity contribution in [2.75, 3.05) is 36.4 Å².